The maximum Gasteiger partial charge on any atom is 0.416 e. The Bertz CT molecular complexity index is 610. The molecule has 1 atom stereocenters. The zero-order valence-corrected chi connectivity index (χ0v) is 12.0. The maximum absolute atomic E-state index is 12.6. The lowest BCUT2D eigenvalue weighted by atomic mass is 10.0. The van der Waals surface area contributed by atoms with Crippen LogP contribution >= 0.6 is 11.3 Å². The number of rotatable bonds is 3. The van der Waals surface area contributed by atoms with Gasteiger partial charge >= 0.3 is 6.18 Å². The summed E-state index contributed by atoms with van der Waals surface area (Å²) in [6.45, 7) is 0. The molecule has 6 heteroatoms. The zero-order chi connectivity index (χ0) is 15.0. The predicted octanol–water partition coefficient (Wildman–Crippen LogP) is 3.81. The number of hydrogen-bond donors (Lipinski definition) is 2. The first-order valence-electron chi connectivity index (χ1n) is 6.74. The van der Waals surface area contributed by atoms with Gasteiger partial charge in [-0.1, -0.05) is 12.1 Å². The lowest BCUT2D eigenvalue weighted by Crippen LogP contribution is -2.28. The quantitative estimate of drug-likeness (QED) is 0.668. The summed E-state index contributed by atoms with van der Waals surface area (Å²) in [6, 6.07) is 7.02. The van der Waals surface area contributed by atoms with Gasteiger partial charge in [-0.15, -0.1) is 11.3 Å². The number of hydrazine groups is 1. The van der Waals surface area contributed by atoms with Gasteiger partial charge in [0, 0.05) is 9.75 Å². The van der Waals surface area contributed by atoms with Gasteiger partial charge in [0.2, 0.25) is 0 Å². The van der Waals surface area contributed by atoms with Crippen LogP contribution in [0.25, 0.3) is 0 Å². The molecule has 0 radical (unpaired) electrons. The lowest BCUT2D eigenvalue weighted by molar-refractivity contribution is -0.137. The largest absolute Gasteiger partial charge is 0.416 e. The van der Waals surface area contributed by atoms with Crippen molar-refractivity contribution in [3.05, 3.63) is 56.8 Å². The summed E-state index contributed by atoms with van der Waals surface area (Å²) >= 11 is 1.69. The number of nitrogens with two attached hydrogens (primary N) is 1. The molecule has 0 aliphatic heterocycles. The van der Waals surface area contributed by atoms with E-state index in [0.717, 1.165) is 35.4 Å². The molecule has 3 rings (SSSR count). The van der Waals surface area contributed by atoms with Crippen molar-refractivity contribution < 1.29 is 13.2 Å². The molecule has 2 nitrogen and oxygen atoms in total. The summed E-state index contributed by atoms with van der Waals surface area (Å²) < 4.78 is 37.8. The van der Waals surface area contributed by atoms with Crippen molar-refractivity contribution in [2.24, 2.45) is 5.84 Å². The van der Waals surface area contributed by atoms with Crippen LogP contribution < -0.4 is 11.3 Å². The predicted molar refractivity (Wildman–Crippen MR) is 77.0 cm³/mol. The average molecular weight is 312 g/mol. The standard InChI is InChI=1S/C15H15F3N2S/c16-15(17,18)11-6-4-9(5-7-11)14(20-19)13-8-10-2-1-3-12(10)21-13/h4-8,14,20H,1-3,19H2. The van der Waals surface area contributed by atoms with E-state index in [2.05, 4.69) is 11.5 Å². The van der Waals surface area contributed by atoms with Gasteiger partial charge in [-0.25, -0.2) is 5.43 Å². The van der Waals surface area contributed by atoms with Crippen LogP contribution in [0, 0.1) is 0 Å². The van der Waals surface area contributed by atoms with Gasteiger partial charge in [0.15, 0.2) is 0 Å². The second-order valence-corrected chi connectivity index (χ2v) is 6.34. The maximum atomic E-state index is 12.6. The van der Waals surface area contributed by atoms with Gasteiger partial charge in [0.05, 0.1) is 11.6 Å². The van der Waals surface area contributed by atoms with E-state index in [1.54, 1.807) is 11.3 Å². The Balaban J connectivity index is 1.89. The van der Waals surface area contributed by atoms with E-state index >= 15 is 0 Å². The molecule has 1 aromatic carbocycles. The van der Waals surface area contributed by atoms with Crippen molar-refractivity contribution in [3.63, 3.8) is 0 Å². The SMILES string of the molecule is NNC(c1ccc(C(F)(F)F)cc1)c1cc2c(s1)CCC2. The van der Waals surface area contributed by atoms with E-state index in [1.165, 1.54) is 29.0 Å². The Morgan fingerprint density at radius 2 is 1.86 bits per heavy atom. The van der Waals surface area contributed by atoms with Crippen LogP contribution in [-0.2, 0) is 19.0 Å². The Hall–Kier alpha value is -1.37. The van der Waals surface area contributed by atoms with Crippen LogP contribution in [0.1, 0.15) is 38.9 Å². The normalized spacial score (nSPS) is 16.0. The van der Waals surface area contributed by atoms with Crippen molar-refractivity contribution in [1.29, 1.82) is 0 Å². The molecular weight excluding hydrogens is 297 g/mol. The van der Waals surface area contributed by atoms with E-state index in [-0.39, 0.29) is 6.04 Å². The van der Waals surface area contributed by atoms with Gasteiger partial charge < -0.3 is 0 Å². The van der Waals surface area contributed by atoms with Crippen LogP contribution in [0.2, 0.25) is 0 Å². The summed E-state index contributed by atoms with van der Waals surface area (Å²) in [4.78, 5) is 2.43. The molecule has 1 unspecified atom stereocenters. The third-order valence-corrected chi connectivity index (χ3v) is 5.09. The van der Waals surface area contributed by atoms with Crippen molar-refractivity contribution in [3.8, 4) is 0 Å². The fourth-order valence-corrected chi connectivity index (χ4v) is 4.05. The number of nitrogens with one attached hydrogen (secondary N) is 1. The van der Waals surface area contributed by atoms with Crippen molar-refractivity contribution >= 4 is 11.3 Å². The molecule has 0 amide bonds. The summed E-state index contributed by atoms with van der Waals surface area (Å²) in [5, 5.41) is 0. The van der Waals surface area contributed by atoms with E-state index in [4.69, 9.17) is 5.84 Å². The molecule has 1 aromatic heterocycles. The number of fused-ring (bicyclic) bond motifs is 1. The fraction of sp³-hybridized carbons (Fsp3) is 0.333. The van der Waals surface area contributed by atoms with Crippen LogP contribution in [-0.4, -0.2) is 0 Å². The van der Waals surface area contributed by atoms with Gasteiger partial charge in [-0.3, -0.25) is 5.84 Å². The summed E-state index contributed by atoms with van der Waals surface area (Å²) in [5.41, 5.74) is 4.16. The zero-order valence-electron chi connectivity index (χ0n) is 11.2. The minimum atomic E-state index is -4.31. The number of benzene rings is 1. The van der Waals surface area contributed by atoms with E-state index in [9.17, 15) is 13.2 Å². The van der Waals surface area contributed by atoms with Gasteiger partial charge in [-0.05, 0) is 48.6 Å². The second-order valence-electron chi connectivity index (χ2n) is 5.17. The lowest BCUT2D eigenvalue weighted by Gasteiger charge is -2.16. The molecule has 3 N–H and O–H groups in total. The van der Waals surface area contributed by atoms with E-state index in [0.29, 0.717) is 0 Å². The molecule has 1 heterocycles. The number of aryl methyl sites for hydroxylation is 2. The van der Waals surface area contributed by atoms with Crippen molar-refractivity contribution in [2.75, 3.05) is 0 Å². The average Bonchev–Trinajstić information content (AvgIpc) is 3.00. The fourth-order valence-electron chi connectivity index (χ4n) is 2.70. The first-order chi connectivity index (χ1) is 9.99. The number of halogens is 3. The highest BCUT2D eigenvalue weighted by molar-refractivity contribution is 7.12. The van der Waals surface area contributed by atoms with Crippen molar-refractivity contribution in [1.82, 2.24) is 5.43 Å². The van der Waals surface area contributed by atoms with E-state index < -0.39 is 11.7 Å². The molecule has 0 spiro atoms. The third kappa shape index (κ3) is 2.84. The molecule has 112 valence electrons. The first kappa shape index (κ1) is 14.6. The molecule has 0 bridgehead atoms. The number of alkyl halides is 3. The number of thiophene rings is 1. The molecule has 21 heavy (non-hydrogen) atoms. The Labute approximate surface area is 124 Å². The number of hydrogen-bond acceptors (Lipinski definition) is 3. The van der Waals surface area contributed by atoms with Gasteiger partial charge in [0.1, 0.15) is 0 Å². The van der Waals surface area contributed by atoms with Gasteiger partial charge in [-0.2, -0.15) is 13.2 Å². The van der Waals surface area contributed by atoms with Crippen LogP contribution in [0.3, 0.4) is 0 Å². The highest BCUT2D eigenvalue weighted by Gasteiger charge is 2.30. The monoisotopic (exact) mass is 312 g/mol. The highest BCUT2D eigenvalue weighted by Crippen LogP contribution is 2.36. The highest BCUT2D eigenvalue weighted by atomic mass is 32.1. The molecule has 0 saturated carbocycles. The van der Waals surface area contributed by atoms with Crippen LogP contribution in [0.15, 0.2) is 30.3 Å². The molecule has 2 aromatic rings. The molecule has 1 aliphatic rings. The second kappa shape index (κ2) is 5.44. The summed E-state index contributed by atoms with van der Waals surface area (Å²) in [5.74, 6) is 5.61. The molecule has 1 aliphatic carbocycles. The molecule has 0 saturated heterocycles. The minimum absolute atomic E-state index is 0.261. The van der Waals surface area contributed by atoms with Crippen LogP contribution in [0.4, 0.5) is 13.2 Å². The summed E-state index contributed by atoms with van der Waals surface area (Å²) in [7, 11) is 0. The Kier molecular flexibility index (Phi) is 3.77. The summed E-state index contributed by atoms with van der Waals surface area (Å²) in [6.07, 6.45) is -0.961. The van der Waals surface area contributed by atoms with Crippen molar-refractivity contribution in [2.45, 2.75) is 31.5 Å². The first-order valence-corrected chi connectivity index (χ1v) is 7.55. The van der Waals surface area contributed by atoms with E-state index in [1.807, 2.05) is 0 Å². The molecular formula is C15H15F3N2S. The topological polar surface area (TPSA) is 38.0 Å². The van der Waals surface area contributed by atoms with Gasteiger partial charge in [0.25, 0.3) is 0 Å². The Morgan fingerprint density at radius 3 is 2.43 bits per heavy atom. The minimum Gasteiger partial charge on any atom is -0.271 e. The molecule has 0 fully saturated rings. The smallest absolute Gasteiger partial charge is 0.271 e. The third-order valence-electron chi connectivity index (χ3n) is 3.79. The Morgan fingerprint density at radius 1 is 1.14 bits per heavy atom. The van der Waals surface area contributed by atoms with Crippen LogP contribution in [0.5, 0.6) is 0 Å².